The SMILES string of the molecule is Cc1ccc(S(=O)(=O)N(CC(=O)N(CCc2ccccc2)[C@H](C)C(=O)NC(C)(C)C)c2ccc(Cl)cc2C)cc1. The standard InChI is InChI=1S/C31H38ClN3O4S/c1-22-12-15-27(16-13-22)40(38,39)35(28-17-14-26(32)20-23(28)2)21-29(36)34(19-18-25-10-8-7-9-11-25)24(3)30(37)33-31(4,5)6/h7-17,20,24H,18-19,21H2,1-6H3,(H,33,37)/t24-/m1/s1. The second kappa shape index (κ2) is 12.9. The van der Waals surface area contributed by atoms with Gasteiger partial charge in [-0.05, 0) is 89.4 Å². The molecular formula is C31H38ClN3O4S. The highest BCUT2D eigenvalue weighted by Gasteiger charge is 2.33. The zero-order valence-corrected chi connectivity index (χ0v) is 25.5. The lowest BCUT2D eigenvalue weighted by molar-refractivity contribution is -0.139. The third kappa shape index (κ3) is 8.08. The van der Waals surface area contributed by atoms with Crippen molar-refractivity contribution in [2.75, 3.05) is 17.4 Å². The van der Waals surface area contributed by atoms with Crippen molar-refractivity contribution in [2.24, 2.45) is 0 Å². The highest BCUT2D eigenvalue weighted by Crippen LogP contribution is 2.29. The number of carbonyl (C=O) groups excluding carboxylic acids is 2. The summed E-state index contributed by atoms with van der Waals surface area (Å²) >= 11 is 6.17. The average Bonchev–Trinajstić information content (AvgIpc) is 2.87. The third-order valence-corrected chi connectivity index (χ3v) is 8.47. The maximum atomic E-state index is 14.0. The molecule has 0 saturated carbocycles. The highest BCUT2D eigenvalue weighted by molar-refractivity contribution is 7.92. The van der Waals surface area contributed by atoms with E-state index in [1.165, 1.54) is 17.0 Å². The molecular weight excluding hydrogens is 546 g/mol. The summed E-state index contributed by atoms with van der Waals surface area (Å²) in [5, 5.41) is 3.39. The Labute approximate surface area is 243 Å². The Morgan fingerprint density at radius 2 is 1.57 bits per heavy atom. The first kappa shape index (κ1) is 31.2. The molecule has 0 saturated heterocycles. The zero-order chi connectivity index (χ0) is 29.7. The van der Waals surface area contributed by atoms with Gasteiger partial charge in [0.15, 0.2) is 0 Å². The first-order valence-electron chi connectivity index (χ1n) is 13.2. The minimum atomic E-state index is -4.13. The predicted molar refractivity (Wildman–Crippen MR) is 161 cm³/mol. The van der Waals surface area contributed by atoms with E-state index in [0.29, 0.717) is 22.7 Å². The molecule has 3 aromatic carbocycles. The van der Waals surface area contributed by atoms with Gasteiger partial charge in [-0.1, -0.05) is 59.6 Å². The molecule has 1 atom stereocenters. The maximum Gasteiger partial charge on any atom is 0.264 e. The fourth-order valence-electron chi connectivity index (χ4n) is 4.29. The second-order valence-electron chi connectivity index (χ2n) is 11.0. The zero-order valence-electron chi connectivity index (χ0n) is 23.9. The Morgan fingerprint density at radius 3 is 2.15 bits per heavy atom. The molecule has 2 amide bonds. The van der Waals surface area contributed by atoms with Crippen LogP contribution in [-0.4, -0.2) is 49.8 Å². The third-order valence-electron chi connectivity index (χ3n) is 6.47. The van der Waals surface area contributed by atoms with Gasteiger partial charge in [0, 0.05) is 17.1 Å². The number of aryl methyl sites for hydroxylation is 2. The largest absolute Gasteiger partial charge is 0.350 e. The van der Waals surface area contributed by atoms with Crippen molar-refractivity contribution in [3.63, 3.8) is 0 Å². The fourth-order valence-corrected chi connectivity index (χ4v) is 6.00. The number of nitrogens with one attached hydrogen (secondary N) is 1. The maximum absolute atomic E-state index is 14.0. The molecule has 0 fully saturated rings. The molecule has 214 valence electrons. The lowest BCUT2D eigenvalue weighted by Gasteiger charge is -2.33. The molecule has 0 aliphatic heterocycles. The number of amides is 2. The summed E-state index contributed by atoms with van der Waals surface area (Å²) in [7, 11) is -4.13. The summed E-state index contributed by atoms with van der Waals surface area (Å²) in [5.74, 6) is -0.804. The van der Waals surface area contributed by atoms with Gasteiger partial charge in [0.2, 0.25) is 11.8 Å². The van der Waals surface area contributed by atoms with Gasteiger partial charge in [-0.2, -0.15) is 0 Å². The van der Waals surface area contributed by atoms with Crippen LogP contribution in [0.25, 0.3) is 0 Å². The first-order valence-corrected chi connectivity index (χ1v) is 15.0. The quantitative estimate of drug-likeness (QED) is 0.340. The number of hydrogen-bond donors (Lipinski definition) is 1. The molecule has 3 aromatic rings. The molecule has 0 bridgehead atoms. The van der Waals surface area contributed by atoms with E-state index < -0.39 is 34.1 Å². The van der Waals surface area contributed by atoms with Crippen LogP contribution in [0.3, 0.4) is 0 Å². The molecule has 0 radical (unpaired) electrons. The number of anilines is 1. The molecule has 0 heterocycles. The summed E-state index contributed by atoms with van der Waals surface area (Å²) in [6.45, 7) is 10.6. The van der Waals surface area contributed by atoms with E-state index in [0.717, 1.165) is 15.4 Å². The van der Waals surface area contributed by atoms with Gasteiger partial charge in [-0.15, -0.1) is 0 Å². The lowest BCUT2D eigenvalue weighted by atomic mass is 10.1. The van der Waals surface area contributed by atoms with Crippen LogP contribution in [0.4, 0.5) is 5.69 Å². The van der Waals surface area contributed by atoms with Gasteiger partial charge in [-0.3, -0.25) is 13.9 Å². The van der Waals surface area contributed by atoms with Crippen LogP contribution in [0.2, 0.25) is 5.02 Å². The number of hydrogen-bond acceptors (Lipinski definition) is 4. The summed E-state index contributed by atoms with van der Waals surface area (Å²) in [6.07, 6.45) is 0.504. The minimum absolute atomic E-state index is 0.0645. The molecule has 0 aliphatic rings. The molecule has 1 N–H and O–H groups in total. The van der Waals surface area contributed by atoms with Gasteiger partial charge in [0.05, 0.1) is 10.6 Å². The fraction of sp³-hybridized carbons (Fsp3) is 0.355. The van der Waals surface area contributed by atoms with Crippen molar-refractivity contribution in [2.45, 2.75) is 64.4 Å². The van der Waals surface area contributed by atoms with Crippen molar-refractivity contribution in [1.29, 1.82) is 0 Å². The van der Waals surface area contributed by atoms with Crippen molar-refractivity contribution < 1.29 is 18.0 Å². The first-order chi connectivity index (χ1) is 18.7. The van der Waals surface area contributed by atoms with E-state index in [1.807, 2.05) is 58.0 Å². The number of halogens is 1. The van der Waals surface area contributed by atoms with E-state index in [-0.39, 0.29) is 17.3 Å². The van der Waals surface area contributed by atoms with Gasteiger partial charge < -0.3 is 10.2 Å². The second-order valence-corrected chi connectivity index (χ2v) is 13.3. The molecule has 0 aliphatic carbocycles. The normalized spacial score (nSPS) is 12.5. The van der Waals surface area contributed by atoms with Crippen molar-refractivity contribution in [3.05, 3.63) is 94.5 Å². The van der Waals surface area contributed by atoms with E-state index in [1.54, 1.807) is 44.2 Å². The van der Waals surface area contributed by atoms with Gasteiger partial charge in [-0.25, -0.2) is 8.42 Å². The topological polar surface area (TPSA) is 86.8 Å². The van der Waals surface area contributed by atoms with Crippen LogP contribution in [0, 0.1) is 13.8 Å². The Hall–Kier alpha value is -3.36. The number of carbonyl (C=O) groups is 2. The molecule has 9 heteroatoms. The molecule has 7 nitrogen and oxygen atoms in total. The van der Waals surface area contributed by atoms with Gasteiger partial charge in [0.25, 0.3) is 10.0 Å². The van der Waals surface area contributed by atoms with Crippen LogP contribution >= 0.6 is 11.6 Å². The van der Waals surface area contributed by atoms with Crippen molar-refractivity contribution >= 4 is 39.1 Å². The highest BCUT2D eigenvalue weighted by atomic mass is 35.5. The van der Waals surface area contributed by atoms with E-state index in [9.17, 15) is 18.0 Å². The summed E-state index contributed by atoms with van der Waals surface area (Å²) < 4.78 is 29.0. The molecule has 0 spiro atoms. The number of sulfonamides is 1. The molecule has 0 unspecified atom stereocenters. The van der Waals surface area contributed by atoms with Crippen LogP contribution in [0.1, 0.15) is 44.4 Å². The summed E-state index contributed by atoms with van der Waals surface area (Å²) in [5.41, 5.74) is 2.36. The van der Waals surface area contributed by atoms with Gasteiger partial charge >= 0.3 is 0 Å². The minimum Gasteiger partial charge on any atom is -0.350 e. The predicted octanol–water partition coefficient (Wildman–Crippen LogP) is 5.53. The van der Waals surface area contributed by atoms with E-state index >= 15 is 0 Å². The number of rotatable bonds is 10. The summed E-state index contributed by atoms with van der Waals surface area (Å²) in [4.78, 5) is 28.7. The van der Waals surface area contributed by atoms with E-state index in [2.05, 4.69) is 5.32 Å². The Morgan fingerprint density at radius 1 is 0.950 bits per heavy atom. The van der Waals surface area contributed by atoms with Gasteiger partial charge in [0.1, 0.15) is 12.6 Å². The van der Waals surface area contributed by atoms with Crippen molar-refractivity contribution in [3.8, 4) is 0 Å². The van der Waals surface area contributed by atoms with Crippen LogP contribution < -0.4 is 9.62 Å². The van der Waals surface area contributed by atoms with Crippen LogP contribution in [-0.2, 0) is 26.0 Å². The van der Waals surface area contributed by atoms with Crippen LogP contribution in [0.15, 0.2) is 77.7 Å². The molecule has 0 aromatic heterocycles. The monoisotopic (exact) mass is 583 g/mol. The Kier molecular flexibility index (Phi) is 10.0. The average molecular weight is 584 g/mol. The Bertz CT molecular complexity index is 1440. The Balaban J connectivity index is 2.02. The molecule has 40 heavy (non-hydrogen) atoms. The van der Waals surface area contributed by atoms with E-state index in [4.69, 9.17) is 11.6 Å². The number of nitrogens with zero attached hydrogens (tertiary/aromatic N) is 2. The molecule has 3 rings (SSSR count). The summed E-state index contributed by atoms with van der Waals surface area (Å²) in [6, 6.07) is 20.2. The van der Waals surface area contributed by atoms with Crippen molar-refractivity contribution in [1.82, 2.24) is 10.2 Å². The lowest BCUT2D eigenvalue weighted by Crippen LogP contribution is -2.55. The number of benzene rings is 3. The van der Waals surface area contributed by atoms with Crippen LogP contribution in [0.5, 0.6) is 0 Å². The smallest absolute Gasteiger partial charge is 0.264 e.